The summed E-state index contributed by atoms with van der Waals surface area (Å²) in [7, 11) is -0.214. The SMILES string of the molecule is CCc1c(COP(=O)(OCc2ccc(C(=O)OC)c(CC)c2CC)OCc2ccc(C(=O)OC)c(CC)c2CC)ccc(C(=O)OC)c1CC. The lowest BCUT2D eigenvalue weighted by molar-refractivity contribution is 0.0590. The van der Waals surface area contributed by atoms with Gasteiger partial charge in [0.05, 0.1) is 57.8 Å². The third-order valence-electron chi connectivity index (χ3n) is 9.06. The third-order valence-corrected chi connectivity index (χ3v) is 10.4. The molecule has 0 aliphatic rings. The Morgan fingerprint density at radius 1 is 0.440 bits per heavy atom. The van der Waals surface area contributed by atoms with Gasteiger partial charge in [-0.25, -0.2) is 18.9 Å². The second-order valence-corrected chi connectivity index (χ2v) is 13.2. The number of esters is 3. The van der Waals surface area contributed by atoms with Crippen LogP contribution in [0, 0.1) is 0 Å². The van der Waals surface area contributed by atoms with Crippen LogP contribution in [0.25, 0.3) is 0 Å². The Balaban J connectivity index is 2.04. The summed E-state index contributed by atoms with van der Waals surface area (Å²) in [6.07, 6.45) is 3.60. The van der Waals surface area contributed by atoms with Crippen molar-refractivity contribution in [1.82, 2.24) is 0 Å². The summed E-state index contributed by atoms with van der Waals surface area (Å²) < 4.78 is 47.8. The fourth-order valence-electron chi connectivity index (χ4n) is 6.62. The van der Waals surface area contributed by atoms with Gasteiger partial charge in [-0.2, -0.15) is 0 Å². The summed E-state index contributed by atoms with van der Waals surface area (Å²) in [6, 6.07) is 10.4. The maximum absolute atomic E-state index is 14.6. The van der Waals surface area contributed by atoms with E-state index in [9.17, 15) is 18.9 Å². The highest BCUT2D eigenvalue weighted by atomic mass is 31.2. The molecule has 0 radical (unpaired) electrons. The van der Waals surface area contributed by atoms with Crippen molar-refractivity contribution in [2.24, 2.45) is 0 Å². The number of methoxy groups -OCH3 is 3. The summed E-state index contributed by atoms with van der Waals surface area (Å²) in [5.74, 6) is -1.27. The molecule has 0 aromatic heterocycles. The molecule has 0 fully saturated rings. The largest absolute Gasteiger partial charge is 0.475 e. The van der Waals surface area contributed by atoms with Gasteiger partial charge in [0, 0.05) is 0 Å². The minimum Gasteiger partial charge on any atom is -0.465 e. The molecule has 3 aromatic rings. The standard InChI is InChI=1S/C39H51O10P/c1-10-28-25(16-19-34(31(28)13-4)37(40)44-7)22-47-50(43,48-23-26-17-20-35(38(41)45-8)32(14-5)29(26)11-2)49-24-27-18-21-36(39(42)46-9)33(15-6)30(27)12-3/h16-21H,10-15,22-24H2,1-9H3. The molecule has 0 N–H and O–H groups in total. The van der Waals surface area contributed by atoms with Crippen LogP contribution in [-0.4, -0.2) is 39.2 Å². The fourth-order valence-corrected chi connectivity index (χ4v) is 7.74. The Morgan fingerprint density at radius 2 is 0.680 bits per heavy atom. The minimum absolute atomic E-state index is 0.0981. The van der Waals surface area contributed by atoms with Crippen LogP contribution >= 0.6 is 7.82 Å². The molecule has 0 heterocycles. The Labute approximate surface area is 296 Å². The predicted molar refractivity (Wildman–Crippen MR) is 192 cm³/mol. The van der Waals surface area contributed by atoms with Gasteiger partial charge in [-0.15, -0.1) is 0 Å². The highest BCUT2D eigenvalue weighted by Gasteiger charge is 2.30. The van der Waals surface area contributed by atoms with Crippen LogP contribution in [0.3, 0.4) is 0 Å². The van der Waals surface area contributed by atoms with E-state index >= 15 is 0 Å². The highest BCUT2D eigenvalue weighted by Crippen LogP contribution is 2.52. The molecule has 0 spiro atoms. The molecule has 0 aliphatic carbocycles. The summed E-state index contributed by atoms with van der Waals surface area (Å²) in [5, 5.41) is 0. The molecule has 272 valence electrons. The van der Waals surface area contributed by atoms with E-state index in [4.69, 9.17) is 27.8 Å². The first-order chi connectivity index (χ1) is 24.0. The van der Waals surface area contributed by atoms with Gasteiger partial charge in [-0.1, -0.05) is 59.7 Å². The Kier molecular flexibility index (Phi) is 15.4. The van der Waals surface area contributed by atoms with Crippen LogP contribution in [-0.2, 0) is 90.7 Å². The zero-order valence-corrected chi connectivity index (χ0v) is 31.8. The second kappa shape index (κ2) is 19.0. The van der Waals surface area contributed by atoms with Crippen LogP contribution in [0.4, 0.5) is 0 Å². The first kappa shape index (κ1) is 40.6. The molecular formula is C39H51O10P. The van der Waals surface area contributed by atoms with Gasteiger partial charge in [-0.05, 0) is 107 Å². The van der Waals surface area contributed by atoms with Crippen molar-refractivity contribution in [3.8, 4) is 0 Å². The van der Waals surface area contributed by atoms with Gasteiger partial charge in [0.1, 0.15) is 0 Å². The van der Waals surface area contributed by atoms with Crippen molar-refractivity contribution in [1.29, 1.82) is 0 Å². The zero-order chi connectivity index (χ0) is 37.0. The molecule has 0 amide bonds. The van der Waals surface area contributed by atoms with Crippen LogP contribution in [0.15, 0.2) is 36.4 Å². The average molecular weight is 711 g/mol. The van der Waals surface area contributed by atoms with Crippen LogP contribution in [0.1, 0.15) is 123 Å². The number of phosphoric acid groups is 1. The van der Waals surface area contributed by atoms with E-state index in [-0.39, 0.29) is 19.8 Å². The van der Waals surface area contributed by atoms with E-state index in [1.807, 2.05) is 41.5 Å². The summed E-state index contributed by atoms with van der Waals surface area (Å²) in [5.41, 5.74) is 8.92. The average Bonchev–Trinajstić information content (AvgIpc) is 3.15. The number of hydrogen-bond donors (Lipinski definition) is 0. The molecule has 0 aliphatic heterocycles. The van der Waals surface area contributed by atoms with Crippen LogP contribution in [0.5, 0.6) is 0 Å². The monoisotopic (exact) mass is 710 g/mol. The van der Waals surface area contributed by atoms with Gasteiger partial charge in [0.25, 0.3) is 0 Å². The van der Waals surface area contributed by atoms with Crippen molar-refractivity contribution in [2.75, 3.05) is 21.3 Å². The van der Waals surface area contributed by atoms with E-state index in [1.54, 1.807) is 36.4 Å². The van der Waals surface area contributed by atoms with Crippen molar-refractivity contribution >= 4 is 25.7 Å². The first-order valence-electron chi connectivity index (χ1n) is 17.2. The van der Waals surface area contributed by atoms with Crippen LogP contribution in [0.2, 0.25) is 0 Å². The van der Waals surface area contributed by atoms with E-state index in [0.29, 0.717) is 55.2 Å². The van der Waals surface area contributed by atoms with E-state index in [1.165, 1.54) is 21.3 Å². The summed E-state index contributed by atoms with van der Waals surface area (Å²) in [4.78, 5) is 37.5. The lowest BCUT2D eigenvalue weighted by Crippen LogP contribution is -2.12. The number of phosphoric ester groups is 1. The molecule has 3 aromatic carbocycles. The zero-order valence-electron chi connectivity index (χ0n) is 30.9. The number of carbonyl (C=O) groups excluding carboxylic acids is 3. The number of benzene rings is 3. The molecule has 10 nitrogen and oxygen atoms in total. The minimum atomic E-state index is -4.26. The maximum atomic E-state index is 14.6. The molecule has 50 heavy (non-hydrogen) atoms. The maximum Gasteiger partial charge on any atom is 0.475 e. The Bertz CT molecular complexity index is 1530. The Hall–Kier alpha value is -3.82. The number of rotatable bonds is 18. The van der Waals surface area contributed by atoms with Crippen molar-refractivity contribution in [3.63, 3.8) is 0 Å². The molecule has 0 atom stereocenters. The lowest BCUT2D eigenvalue weighted by Gasteiger charge is -2.23. The predicted octanol–water partition coefficient (Wildman–Crippen LogP) is 8.48. The molecule has 0 saturated carbocycles. The van der Waals surface area contributed by atoms with E-state index < -0.39 is 25.7 Å². The molecule has 0 bridgehead atoms. The molecule has 11 heteroatoms. The Morgan fingerprint density at radius 3 is 0.880 bits per heavy atom. The third kappa shape index (κ3) is 9.09. The highest BCUT2D eigenvalue weighted by molar-refractivity contribution is 7.48. The number of carbonyl (C=O) groups is 3. The van der Waals surface area contributed by atoms with Crippen molar-refractivity contribution < 1.29 is 46.7 Å². The van der Waals surface area contributed by atoms with Gasteiger partial charge >= 0.3 is 25.7 Å². The normalized spacial score (nSPS) is 11.4. The van der Waals surface area contributed by atoms with Gasteiger partial charge in [-0.3, -0.25) is 13.6 Å². The first-order valence-corrected chi connectivity index (χ1v) is 18.7. The van der Waals surface area contributed by atoms with Crippen molar-refractivity contribution in [3.05, 3.63) is 103 Å². The summed E-state index contributed by atoms with van der Waals surface area (Å²) in [6.45, 7) is 11.5. The lowest BCUT2D eigenvalue weighted by atomic mass is 9.93. The molecule has 0 unspecified atom stereocenters. The number of hydrogen-bond acceptors (Lipinski definition) is 10. The molecule has 0 saturated heterocycles. The summed E-state index contributed by atoms with van der Waals surface area (Å²) >= 11 is 0. The number of ether oxygens (including phenoxy) is 3. The van der Waals surface area contributed by atoms with Gasteiger partial charge in [0.2, 0.25) is 0 Å². The molecule has 3 rings (SSSR count). The fraction of sp³-hybridized carbons (Fsp3) is 0.462. The topological polar surface area (TPSA) is 124 Å². The van der Waals surface area contributed by atoms with E-state index in [2.05, 4.69) is 0 Å². The smallest absolute Gasteiger partial charge is 0.465 e. The van der Waals surface area contributed by atoms with Gasteiger partial charge < -0.3 is 14.2 Å². The molecular weight excluding hydrogens is 659 g/mol. The quantitative estimate of drug-likeness (QED) is 0.0721. The van der Waals surface area contributed by atoms with E-state index in [0.717, 1.165) is 50.1 Å². The van der Waals surface area contributed by atoms with Crippen LogP contribution < -0.4 is 0 Å². The second-order valence-electron chi connectivity index (χ2n) is 11.6. The van der Waals surface area contributed by atoms with Gasteiger partial charge in [0.15, 0.2) is 0 Å². The van der Waals surface area contributed by atoms with Crippen molar-refractivity contribution in [2.45, 2.75) is 99.9 Å².